The fourth-order valence-corrected chi connectivity index (χ4v) is 5.61. The number of ether oxygens (including phenoxy) is 1. The third kappa shape index (κ3) is 3.22. The van der Waals surface area contributed by atoms with Crippen LogP contribution in [0, 0.1) is 0 Å². The van der Waals surface area contributed by atoms with Crippen LogP contribution in [0.4, 0.5) is 0 Å². The normalized spacial score (nSPS) is 17.0. The van der Waals surface area contributed by atoms with Crippen molar-refractivity contribution >= 4 is 33.9 Å². The second-order valence-electron chi connectivity index (χ2n) is 7.88. The highest BCUT2D eigenvalue weighted by molar-refractivity contribution is 7.16. The number of hydrogen-bond acceptors (Lipinski definition) is 6. The van der Waals surface area contributed by atoms with Crippen LogP contribution in [0.1, 0.15) is 52.5 Å². The minimum absolute atomic E-state index is 0.183. The van der Waals surface area contributed by atoms with E-state index in [9.17, 15) is 14.7 Å². The van der Waals surface area contributed by atoms with Gasteiger partial charge in [-0.2, -0.15) is 0 Å². The van der Waals surface area contributed by atoms with Gasteiger partial charge in [0.1, 0.15) is 12.7 Å². The number of hydrogen-bond donors (Lipinski definition) is 1. The Morgan fingerprint density at radius 2 is 2.03 bits per heavy atom. The van der Waals surface area contributed by atoms with Gasteiger partial charge in [-0.15, -0.1) is 11.3 Å². The molecule has 31 heavy (non-hydrogen) atoms. The van der Waals surface area contributed by atoms with Crippen molar-refractivity contribution in [1.82, 2.24) is 4.57 Å². The van der Waals surface area contributed by atoms with Gasteiger partial charge in [0, 0.05) is 33.1 Å². The summed E-state index contributed by atoms with van der Waals surface area (Å²) in [6.07, 6.45) is 6.28. The summed E-state index contributed by atoms with van der Waals surface area (Å²) in [4.78, 5) is 31.8. The Bertz CT molecular complexity index is 1300. The van der Waals surface area contributed by atoms with Gasteiger partial charge in [-0.1, -0.05) is 5.16 Å². The Hall–Kier alpha value is -3.13. The molecule has 0 spiro atoms. The summed E-state index contributed by atoms with van der Waals surface area (Å²) in [5, 5.41) is 14.1. The Kier molecular flexibility index (Phi) is 4.81. The fourth-order valence-electron chi connectivity index (χ4n) is 4.36. The highest BCUT2D eigenvalue weighted by Gasteiger charge is 2.30. The molecule has 3 aromatic rings. The Balaban J connectivity index is 1.76. The molecule has 1 fully saturated rings. The number of aromatic nitrogens is 1. The van der Waals surface area contributed by atoms with Crippen molar-refractivity contribution < 1.29 is 19.5 Å². The van der Waals surface area contributed by atoms with Crippen LogP contribution in [0.5, 0.6) is 5.75 Å². The highest BCUT2D eigenvalue weighted by atomic mass is 32.1. The van der Waals surface area contributed by atoms with Gasteiger partial charge in [0.15, 0.2) is 5.75 Å². The van der Waals surface area contributed by atoms with Gasteiger partial charge in [0.25, 0.3) is 0 Å². The zero-order valence-corrected chi connectivity index (χ0v) is 18.1. The van der Waals surface area contributed by atoms with Crippen molar-refractivity contribution in [2.45, 2.75) is 38.1 Å². The van der Waals surface area contributed by atoms with E-state index in [2.05, 4.69) is 11.2 Å². The van der Waals surface area contributed by atoms with Crippen LogP contribution in [0.2, 0.25) is 0 Å². The number of aryl methyl sites for hydroxylation is 1. The number of methoxy groups -OCH3 is 1. The zero-order valence-electron chi connectivity index (χ0n) is 17.3. The van der Waals surface area contributed by atoms with E-state index in [1.807, 2.05) is 10.6 Å². The van der Waals surface area contributed by atoms with E-state index in [1.165, 1.54) is 11.1 Å². The van der Waals surface area contributed by atoms with Gasteiger partial charge in [-0.25, -0.2) is 4.79 Å². The molecule has 2 heterocycles. The van der Waals surface area contributed by atoms with Gasteiger partial charge in [-0.3, -0.25) is 4.79 Å². The zero-order chi connectivity index (χ0) is 21.7. The van der Waals surface area contributed by atoms with Crippen molar-refractivity contribution in [3.8, 4) is 16.2 Å². The van der Waals surface area contributed by atoms with Gasteiger partial charge in [0.05, 0.1) is 23.7 Å². The number of pyridine rings is 1. The van der Waals surface area contributed by atoms with Crippen LogP contribution in [-0.2, 0) is 11.3 Å². The molecule has 5 rings (SSSR count). The molecule has 0 bridgehead atoms. The first-order valence-electron chi connectivity index (χ1n) is 10.3. The summed E-state index contributed by atoms with van der Waals surface area (Å²) in [7, 11) is 3.15. The molecule has 1 saturated carbocycles. The van der Waals surface area contributed by atoms with Crippen LogP contribution in [-0.4, -0.2) is 35.6 Å². The molecule has 2 aromatic heterocycles. The maximum atomic E-state index is 12.9. The average Bonchev–Trinajstić information content (AvgIpc) is 3.51. The molecular formula is C23H22N2O5S. The number of carboxylic acids is 1. The first kappa shape index (κ1) is 19.8. The molecule has 7 nitrogen and oxygen atoms in total. The number of carboxylic acid groups (broad SMARTS) is 1. The highest BCUT2D eigenvalue weighted by Crippen LogP contribution is 2.45. The Morgan fingerprint density at radius 1 is 1.23 bits per heavy atom. The minimum Gasteiger partial charge on any atom is -0.494 e. The summed E-state index contributed by atoms with van der Waals surface area (Å²) in [6, 6.07) is 5.88. The molecule has 2 aliphatic rings. The lowest BCUT2D eigenvalue weighted by Crippen LogP contribution is -2.19. The van der Waals surface area contributed by atoms with Crippen molar-refractivity contribution in [2.75, 3.05) is 14.2 Å². The number of aromatic carboxylic acids is 1. The lowest BCUT2D eigenvalue weighted by molar-refractivity contribution is 0.0695. The standard InChI is InChI=1S/C23H22N2O5S/c1-29-22-13(19-10-15-17(24-30-2)4-3-5-18(15)31-19)8-9-14-20(22)25(12-6-7-12)11-16(21(14)26)23(27)28/h8-12H,3-7H2,1-2H3,(H,27,28)/b24-17+. The summed E-state index contributed by atoms with van der Waals surface area (Å²) in [5.41, 5.74) is 2.92. The van der Waals surface area contributed by atoms with E-state index in [0.29, 0.717) is 16.7 Å². The number of thiophene rings is 1. The van der Waals surface area contributed by atoms with E-state index in [-0.39, 0.29) is 11.6 Å². The molecule has 0 amide bonds. The molecule has 8 heteroatoms. The molecule has 0 saturated heterocycles. The predicted octanol–water partition coefficient (Wildman–Crippen LogP) is 4.46. The van der Waals surface area contributed by atoms with Crippen molar-refractivity contribution in [2.24, 2.45) is 5.16 Å². The van der Waals surface area contributed by atoms with Gasteiger partial charge < -0.3 is 19.2 Å². The monoisotopic (exact) mass is 438 g/mol. The summed E-state index contributed by atoms with van der Waals surface area (Å²) in [6.45, 7) is 0. The lowest BCUT2D eigenvalue weighted by Gasteiger charge is -2.17. The van der Waals surface area contributed by atoms with E-state index < -0.39 is 11.4 Å². The second kappa shape index (κ2) is 7.53. The SMILES string of the molecule is CO/N=C1\CCCc2sc(-c3ccc4c(=O)c(C(=O)O)cn(C5CC5)c4c3OC)cc21. The Labute approximate surface area is 182 Å². The number of fused-ring (bicyclic) bond motifs is 2. The molecule has 1 N–H and O–H groups in total. The second-order valence-corrected chi connectivity index (χ2v) is 9.02. The summed E-state index contributed by atoms with van der Waals surface area (Å²) >= 11 is 1.70. The third-order valence-corrected chi connectivity index (χ3v) is 7.15. The smallest absolute Gasteiger partial charge is 0.341 e. The molecule has 0 unspecified atom stereocenters. The average molecular weight is 439 g/mol. The summed E-state index contributed by atoms with van der Waals surface area (Å²) < 4.78 is 7.75. The van der Waals surface area contributed by atoms with E-state index in [1.54, 1.807) is 31.6 Å². The van der Waals surface area contributed by atoms with E-state index >= 15 is 0 Å². The quantitative estimate of drug-likeness (QED) is 0.594. The molecule has 160 valence electrons. The van der Waals surface area contributed by atoms with Gasteiger partial charge in [-0.05, 0) is 50.3 Å². The molecule has 0 aliphatic heterocycles. The van der Waals surface area contributed by atoms with Crippen LogP contribution < -0.4 is 10.2 Å². The number of benzene rings is 1. The molecular weight excluding hydrogens is 416 g/mol. The first-order valence-corrected chi connectivity index (χ1v) is 11.1. The number of carbonyl (C=O) groups is 1. The maximum Gasteiger partial charge on any atom is 0.341 e. The van der Waals surface area contributed by atoms with Crippen molar-refractivity contribution in [3.05, 3.63) is 50.6 Å². The lowest BCUT2D eigenvalue weighted by atomic mass is 9.96. The molecule has 1 aromatic carbocycles. The molecule has 0 radical (unpaired) electrons. The third-order valence-electron chi connectivity index (χ3n) is 5.93. The number of oxime groups is 1. The maximum absolute atomic E-state index is 12.9. The minimum atomic E-state index is -1.21. The van der Waals surface area contributed by atoms with Crippen LogP contribution in [0.15, 0.2) is 34.3 Å². The summed E-state index contributed by atoms with van der Waals surface area (Å²) in [5.74, 6) is -0.609. The first-order chi connectivity index (χ1) is 15.0. The van der Waals surface area contributed by atoms with Crippen LogP contribution >= 0.6 is 11.3 Å². The topological polar surface area (TPSA) is 90.1 Å². The fraction of sp³-hybridized carbons (Fsp3) is 0.348. The number of nitrogens with zero attached hydrogens (tertiary/aromatic N) is 2. The van der Waals surface area contributed by atoms with Crippen LogP contribution in [0.3, 0.4) is 0 Å². The van der Waals surface area contributed by atoms with Crippen molar-refractivity contribution in [3.63, 3.8) is 0 Å². The largest absolute Gasteiger partial charge is 0.494 e. The van der Waals surface area contributed by atoms with Gasteiger partial charge >= 0.3 is 5.97 Å². The van der Waals surface area contributed by atoms with Crippen molar-refractivity contribution in [1.29, 1.82) is 0 Å². The molecule has 0 atom stereocenters. The van der Waals surface area contributed by atoms with Crippen LogP contribution in [0.25, 0.3) is 21.3 Å². The molecule has 2 aliphatic carbocycles. The predicted molar refractivity (Wildman–Crippen MR) is 120 cm³/mol. The van der Waals surface area contributed by atoms with E-state index in [4.69, 9.17) is 9.57 Å². The van der Waals surface area contributed by atoms with E-state index in [0.717, 1.165) is 53.8 Å². The Morgan fingerprint density at radius 3 is 2.71 bits per heavy atom. The number of rotatable bonds is 5. The van der Waals surface area contributed by atoms with Gasteiger partial charge in [0.2, 0.25) is 5.43 Å².